The highest BCUT2D eigenvalue weighted by atomic mass is 32.1. The van der Waals surface area contributed by atoms with E-state index in [-0.39, 0.29) is 11.5 Å². The van der Waals surface area contributed by atoms with Gasteiger partial charge in [-0.05, 0) is 42.5 Å². The fourth-order valence-corrected chi connectivity index (χ4v) is 3.92. The number of rotatable bonds is 3. The Morgan fingerprint density at radius 3 is 2.82 bits per heavy atom. The minimum absolute atomic E-state index is 0.0280. The summed E-state index contributed by atoms with van der Waals surface area (Å²) in [5, 5.41) is 10.1. The maximum Gasteiger partial charge on any atom is 0.416 e. The third kappa shape index (κ3) is 3.80. The molecule has 28 heavy (non-hydrogen) atoms. The lowest BCUT2D eigenvalue weighted by Crippen LogP contribution is -2.39. The zero-order valence-electron chi connectivity index (χ0n) is 14.6. The van der Waals surface area contributed by atoms with Gasteiger partial charge in [-0.3, -0.25) is 4.79 Å². The zero-order valence-corrected chi connectivity index (χ0v) is 15.5. The number of carbonyl (C=O) groups excluding carboxylic acids is 1. The minimum Gasteiger partial charge on any atom is -0.420 e. The van der Waals surface area contributed by atoms with Crippen LogP contribution in [0.15, 0.2) is 46.2 Å². The van der Waals surface area contributed by atoms with Crippen LogP contribution >= 0.6 is 11.3 Å². The zero-order chi connectivity index (χ0) is 19.7. The number of piperidine rings is 1. The number of amides is 1. The summed E-state index contributed by atoms with van der Waals surface area (Å²) in [5.41, 5.74) is -0.801. The molecule has 0 saturated carbocycles. The van der Waals surface area contributed by atoms with Gasteiger partial charge in [0, 0.05) is 18.7 Å². The second-order valence-corrected chi connectivity index (χ2v) is 7.54. The summed E-state index contributed by atoms with van der Waals surface area (Å²) < 4.78 is 44.5. The first-order chi connectivity index (χ1) is 13.4. The van der Waals surface area contributed by atoms with E-state index in [1.54, 1.807) is 4.90 Å². The number of likely N-dealkylation sites (tertiary alicyclic amines) is 1. The standard InChI is InChI=1S/C19H16F3N3O2S/c20-19(21,22)14-6-1-4-12(10-14)18(26)25-8-2-5-13(11-25)16-23-24-17(27-16)15-7-3-9-28-15/h1,3-4,6-7,9-10,13H,2,5,8,11H2. The number of thiophene rings is 1. The molecule has 1 aromatic carbocycles. The normalized spacial score (nSPS) is 17.7. The van der Waals surface area contributed by atoms with Gasteiger partial charge in [0.2, 0.25) is 5.89 Å². The fraction of sp³-hybridized carbons (Fsp3) is 0.316. The summed E-state index contributed by atoms with van der Waals surface area (Å²) >= 11 is 1.49. The molecule has 0 spiro atoms. The van der Waals surface area contributed by atoms with Gasteiger partial charge in [-0.15, -0.1) is 21.5 Å². The number of halogens is 3. The molecular formula is C19H16F3N3O2S. The molecule has 0 bridgehead atoms. The van der Waals surface area contributed by atoms with E-state index in [4.69, 9.17) is 4.42 Å². The number of hydrogen-bond acceptors (Lipinski definition) is 5. The number of benzene rings is 1. The summed E-state index contributed by atoms with van der Waals surface area (Å²) in [6.07, 6.45) is -2.99. The van der Waals surface area contributed by atoms with Crippen molar-refractivity contribution in [2.75, 3.05) is 13.1 Å². The molecule has 0 aliphatic carbocycles. The summed E-state index contributed by atoms with van der Waals surface area (Å²) in [6.45, 7) is 0.818. The van der Waals surface area contributed by atoms with E-state index in [1.165, 1.54) is 23.5 Å². The van der Waals surface area contributed by atoms with Crippen molar-refractivity contribution in [3.8, 4) is 10.8 Å². The van der Waals surface area contributed by atoms with Gasteiger partial charge >= 0.3 is 6.18 Å². The average molecular weight is 407 g/mol. The van der Waals surface area contributed by atoms with Crippen LogP contribution in [0.3, 0.4) is 0 Å². The van der Waals surface area contributed by atoms with E-state index in [2.05, 4.69) is 10.2 Å². The molecule has 0 N–H and O–H groups in total. The van der Waals surface area contributed by atoms with Crippen LogP contribution in [-0.4, -0.2) is 34.1 Å². The average Bonchev–Trinajstić information content (AvgIpc) is 3.38. The second kappa shape index (κ2) is 7.38. The van der Waals surface area contributed by atoms with Crippen molar-refractivity contribution >= 4 is 17.2 Å². The molecule has 1 atom stereocenters. The molecular weight excluding hydrogens is 391 g/mol. The number of alkyl halides is 3. The summed E-state index contributed by atoms with van der Waals surface area (Å²) in [6, 6.07) is 8.28. The number of aromatic nitrogens is 2. The largest absolute Gasteiger partial charge is 0.420 e. The van der Waals surface area contributed by atoms with E-state index in [0.29, 0.717) is 31.3 Å². The third-order valence-electron chi connectivity index (χ3n) is 4.67. The van der Waals surface area contributed by atoms with Gasteiger partial charge in [-0.25, -0.2) is 0 Å². The van der Waals surface area contributed by atoms with Gasteiger partial charge in [0.1, 0.15) is 0 Å². The number of hydrogen-bond donors (Lipinski definition) is 0. The maximum atomic E-state index is 12.9. The van der Waals surface area contributed by atoms with Crippen molar-refractivity contribution in [1.29, 1.82) is 0 Å². The SMILES string of the molecule is O=C(c1cccc(C(F)(F)F)c1)N1CCCC(c2nnc(-c3cccs3)o2)C1. The topological polar surface area (TPSA) is 59.2 Å². The molecule has 1 aliphatic heterocycles. The Morgan fingerprint density at radius 2 is 2.07 bits per heavy atom. The highest BCUT2D eigenvalue weighted by molar-refractivity contribution is 7.13. The Hall–Kier alpha value is -2.68. The highest BCUT2D eigenvalue weighted by Gasteiger charge is 2.33. The van der Waals surface area contributed by atoms with Crippen molar-refractivity contribution in [1.82, 2.24) is 15.1 Å². The van der Waals surface area contributed by atoms with Gasteiger partial charge in [0.15, 0.2) is 0 Å². The molecule has 3 aromatic rings. The van der Waals surface area contributed by atoms with Crippen LogP contribution in [0, 0.1) is 0 Å². The predicted octanol–water partition coefficient (Wildman–Crippen LogP) is 4.84. The van der Waals surface area contributed by atoms with Crippen LogP contribution in [0.5, 0.6) is 0 Å². The fourth-order valence-electron chi connectivity index (χ4n) is 3.27. The van der Waals surface area contributed by atoms with Crippen LogP contribution in [0.2, 0.25) is 0 Å². The molecule has 9 heteroatoms. The highest BCUT2D eigenvalue weighted by Crippen LogP contribution is 2.32. The Kier molecular flexibility index (Phi) is 4.92. The molecule has 1 amide bonds. The van der Waals surface area contributed by atoms with Gasteiger partial charge in [-0.2, -0.15) is 13.2 Å². The minimum atomic E-state index is -4.48. The van der Waals surface area contributed by atoms with Crippen LogP contribution < -0.4 is 0 Å². The lowest BCUT2D eigenvalue weighted by atomic mass is 9.97. The summed E-state index contributed by atoms with van der Waals surface area (Å²) in [4.78, 5) is 15.2. The second-order valence-electron chi connectivity index (χ2n) is 6.59. The van der Waals surface area contributed by atoms with E-state index in [0.717, 1.165) is 23.4 Å². The first kappa shape index (κ1) is 18.7. The van der Waals surface area contributed by atoms with Crippen LogP contribution in [0.1, 0.15) is 40.6 Å². The van der Waals surface area contributed by atoms with Crippen molar-refractivity contribution in [2.24, 2.45) is 0 Å². The Balaban J connectivity index is 1.50. The van der Waals surface area contributed by atoms with Crippen molar-refractivity contribution in [2.45, 2.75) is 24.9 Å². The lowest BCUT2D eigenvalue weighted by Gasteiger charge is -2.31. The van der Waals surface area contributed by atoms with Crippen LogP contribution in [0.4, 0.5) is 13.2 Å². The van der Waals surface area contributed by atoms with Gasteiger partial charge in [0.05, 0.1) is 16.4 Å². The van der Waals surface area contributed by atoms with E-state index >= 15 is 0 Å². The molecule has 1 unspecified atom stereocenters. The molecule has 0 radical (unpaired) electrons. The van der Waals surface area contributed by atoms with Gasteiger partial charge in [-0.1, -0.05) is 12.1 Å². The number of nitrogens with zero attached hydrogens (tertiary/aromatic N) is 3. The smallest absolute Gasteiger partial charge is 0.416 e. The van der Waals surface area contributed by atoms with E-state index < -0.39 is 17.6 Å². The molecule has 3 heterocycles. The predicted molar refractivity (Wildman–Crippen MR) is 96.9 cm³/mol. The van der Waals surface area contributed by atoms with Crippen LogP contribution in [0.25, 0.3) is 10.8 Å². The molecule has 5 nitrogen and oxygen atoms in total. The summed E-state index contributed by atoms with van der Waals surface area (Å²) in [7, 11) is 0. The molecule has 4 rings (SSSR count). The van der Waals surface area contributed by atoms with E-state index in [1.807, 2.05) is 17.5 Å². The first-order valence-electron chi connectivity index (χ1n) is 8.75. The molecule has 146 valence electrons. The molecule has 1 fully saturated rings. The van der Waals surface area contributed by atoms with E-state index in [9.17, 15) is 18.0 Å². The Labute approximate surface area is 162 Å². The Bertz CT molecular complexity index is 969. The van der Waals surface area contributed by atoms with Gasteiger partial charge in [0.25, 0.3) is 11.8 Å². The lowest BCUT2D eigenvalue weighted by molar-refractivity contribution is -0.137. The van der Waals surface area contributed by atoms with Crippen molar-refractivity contribution in [3.05, 3.63) is 58.8 Å². The van der Waals surface area contributed by atoms with Crippen LogP contribution in [-0.2, 0) is 6.18 Å². The van der Waals surface area contributed by atoms with Gasteiger partial charge < -0.3 is 9.32 Å². The molecule has 1 aliphatic rings. The van der Waals surface area contributed by atoms with Crippen molar-refractivity contribution < 1.29 is 22.4 Å². The third-order valence-corrected chi connectivity index (χ3v) is 5.53. The number of carbonyl (C=O) groups is 1. The summed E-state index contributed by atoms with van der Waals surface area (Å²) in [5.74, 6) is 0.328. The maximum absolute atomic E-state index is 12.9. The van der Waals surface area contributed by atoms with Crippen molar-refractivity contribution in [3.63, 3.8) is 0 Å². The quantitative estimate of drug-likeness (QED) is 0.624. The molecule has 1 saturated heterocycles. The Morgan fingerprint density at radius 1 is 1.21 bits per heavy atom. The molecule has 2 aromatic heterocycles. The first-order valence-corrected chi connectivity index (χ1v) is 9.63. The monoisotopic (exact) mass is 407 g/mol.